The van der Waals surface area contributed by atoms with E-state index in [1.54, 1.807) is 13.8 Å². The van der Waals surface area contributed by atoms with Crippen LogP contribution >= 0.6 is 0 Å². The molecule has 0 saturated heterocycles. The van der Waals surface area contributed by atoms with E-state index in [1.165, 1.54) is 0 Å². The summed E-state index contributed by atoms with van der Waals surface area (Å²) in [5.41, 5.74) is 1.55. The number of aromatic carboxylic acids is 1. The molecule has 82 valence electrons. The van der Waals surface area contributed by atoms with E-state index >= 15 is 0 Å². The number of hydrogen-bond donors (Lipinski definition) is 2. The maximum atomic E-state index is 11.4. The molecule has 0 aliphatic rings. The van der Waals surface area contributed by atoms with Gasteiger partial charge >= 0.3 is 5.97 Å². The average molecular weight is 209 g/mol. The van der Waals surface area contributed by atoms with E-state index in [1.807, 2.05) is 13.8 Å². The fourth-order valence-electron chi connectivity index (χ4n) is 2.01. The zero-order valence-electron chi connectivity index (χ0n) is 9.34. The summed E-state index contributed by atoms with van der Waals surface area (Å²) >= 11 is 0. The van der Waals surface area contributed by atoms with Crippen LogP contribution in [0.15, 0.2) is 4.79 Å². The van der Waals surface area contributed by atoms with Gasteiger partial charge in [0, 0.05) is 5.69 Å². The van der Waals surface area contributed by atoms with Crippen LogP contribution in [0.25, 0.3) is 0 Å². The van der Waals surface area contributed by atoms with Gasteiger partial charge in [-0.25, -0.2) is 4.79 Å². The Morgan fingerprint density at radius 3 is 2.27 bits per heavy atom. The summed E-state index contributed by atoms with van der Waals surface area (Å²) in [5, 5.41) is 8.92. The van der Waals surface area contributed by atoms with E-state index in [2.05, 4.69) is 4.98 Å². The highest BCUT2D eigenvalue weighted by molar-refractivity contribution is 5.89. The van der Waals surface area contributed by atoms with Gasteiger partial charge in [0.2, 0.25) is 0 Å². The number of nitrogens with one attached hydrogen (secondary N) is 1. The van der Waals surface area contributed by atoms with Crippen LogP contribution in [0.5, 0.6) is 0 Å². The minimum Gasteiger partial charge on any atom is -0.477 e. The van der Waals surface area contributed by atoms with Gasteiger partial charge in [0.1, 0.15) is 5.56 Å². The van der Waals surface area contributed by atoms with Crippen molar-refractivity contribution in [2.45, 2.75) is 33.6 Å². The van der Waals surface area contributed by atoms with Gasteiger partial charge in [0.05, 0.1) is 0 Å². The van der Waals surface area contributed by atoms with Crippen molar-refractivity contribution in [1.82, 2.24) is 4.98 Å². The highest BCUT2D eigenvalue weighted by atomic mass is 16.4. The molecule has 4 heteroatoms. The van der Waals surface area contributed by atoms with Crippen LogP contribution in [0, 0.1) is 13.8 Å². The van der Waals surface area contributed by atoms with E-state index in [-0.39, 0.29) is 11.5 Å². The molecule has 1 aromatic heterocycles. The average Bonchev–Trinajstić information content (AvgIpc) is 1.99. The molecule has 2 N–H and O–H groups in total. The molecule has 4 nitrogen and oxygen atoms in total. The van der Waals surface area contributed by atoms with Gasteiger partial charge in [-0.2, -0.15) is 0 Å². The van der Waals surface area contributed by atoms with Crippen LogP contribution in [0.2, 0.25) is 0 Å². The number of H-pyrrole nitrogens is 1. The van der Waals surface area contributed by atoms with Crippen molar-refractivity contribution < 1.29 is 9.90 Å². The highest BCUT2D eigenvalue weighted by Crippen LogP contribution is 2.22. The summed E-state index contributed by atoms with van der Waals surface area (Å²) in [7, 11) is 0. The van der Waals surface area contributed by atoms with E-state index in [4.69, 9.17) is 5.11 Å². The topological polar surface area (TPSA) is 70.2 Å². The summed E-state index contributed by atoms with van der Waals surface area (Å²) in [4.78, 5) is 24.9. The lowest BCUT2D eigenvalue weighted by molar-refractivity contribution is 0.0694. The monoisotopic (exact) mass is 209 g/mol. The summed E-state index contributed by atoms with van der Waals surface area (Å²) in [5.74, 6) is -0.976. The number of aryl methyl sites for hydroxylation is 1. The van der Waals surface area contributed by atoms with Gasteiger partial charge in [0.15, 0.2) is 0 Å². The van der Waals surface area contributed by atoms with Gasteiger partial charge in [0.25, 0.3) is 5.56 Å². The van der Waals surface area contributed by atoms with Gasteiger partial charge in [-0.1, -0.05) is 13.8 Å². The van der Waals surface area contributed by atoms with Crippen LogP contribution in [0.3, 0.4) is 0 Å². The van der Waals surface area contributed by atoms with Crippen molar-refractivity contribution in [2.24, 2.45) is 0 Å². The molecule has 1 aromatic rings. The van der Waals surface area contributed by atoms with Gasteiger partial charge in [-0.05, 0) is 30.9 Å². The maximum absolute atomic E-state index is 11.4. The number of hydrogen-bond acceptors (Lipinski definition) is 2. The summed E-state index contributed by atoms with van der Waals surface area (Å²) in [6.07, 6.45) is 0. The number of aromatic nitrogens is 1. The molecule has 1 heterocycles. The second-order valence-electron chi connectivity index (χ2n) is 3.95. The Bertz CT molecular complexity index is 458. The summed E-state index contributed by atoms with van der Waals surface area (Å²) < 4.78 is 0. The molecule has 0 fully saturated rings. The number of rotatable bonds is 2. The first-order chi connectivity index (χ1) is 6.86. The predicted octanol–water partition coefficient (Wildman–Crippen LogP) is 1.81. The van der Waals surface area contributed by atoms with Crippen molar-refractivity contribution in [2.75, 3.05) is 0 Å². The molecule has 0 bridgehead atoms. The molecule has 0 radical (unpaired) electrons. The normalized spacial score (nSPS) is 10.7. The summed E-state index contributed by atoms with van der Waals surface area (Å²) in [6, 6.07) is 0. The zero-order valence-corrected chi connectivity index (χ0v) is 9.34. The Labute approximate surface area is 88.0 Å². The third kappa shape index (κ3) is 1.93. The predicted molar refractivity (Wildman–Crippen MR) is 57.6 cm³/mol. The fourth-order valence-corrected chi connectivity index (χ4v) is 2.01. The van der Waals surface area contributed by atoms with E-state index in [9.17, 15) is 9.59 Å². The number of pyridine rings is 1. The molecule has 0 aromatic carbocycles. The van der Waals surface area contributed by atoms with Crippen LogP contribution in [0.4, 0.5) is 0 Å². The minimum atomic E-state index is -1.17. The molecular formula is C11H15NO3. The first kappa shape index (κ1) is 11.5. The van der Waals surface area contributed by atoms with Crippen LogP contribution in [-0.4, -0.2) is 16.1 Å². The van der Waals surface area contributed by atoms with E-state index < -0.39 is 11.5 Å². The molecule has 0 saturated carbocycles. The quantitative estimate of drug-likeness (QED) is 0.780. The fraction of sp³-hybridized carbons (Fsp3) is 0.455. The number of carboxylic acid groups (broad SMARTS) is 1. The lowest BCUT2D eigenvalue weighted by Gasteiger charge is -2.14. The highest BCUT2D eigenvalue weighted by Gasteiger charge is 2.18. The molecule has 0 spiro atoms. The van der Waals surface area contributed by atoms with Crippen molar-refractivity contribution in [3.63, 3.8) is 0 Å². The Balaban J connectivity index is 3.64. The number of aromatic amines is 1. The van der Waals surface area contributed by atoms with Gasteiger partial charge in [-0.15, -0.1) is 0 Å². The van der Waals surface area contributed by atoms with Gasteiger partial charge < -0.3 is 10.1 Å². The molecular weight excluding hydrogens is 194 g/mol. The smallest absolute Gasteiger partial charge is 0.341 e. The Hall–Kier alpha value is -1.58. The van der Waals surface area contributed by atoms with E-state index in [0.29, 0.717) is 5.56 Å². The van der Waals surface area contributed by atoms with Crippen molar-refractivity contribution in [1.29, 1.82) is 0 Å². The lowest BCUT2D eigenvalue weighted by atomic mass is 9.94. The van der Waals surface area contributed by atoms with E-state index in [0.717, 1.165) is 11.3 Å². The Morgan fingerprint density at radius 1 is 1.33 bits per heavy atom. The third-order valence-corrected chi connectivity index (χ3v) is 2.50. The standard InChI is InChI=1S/C11H15NO3/c1-5(2)8-6(3)9(11(14)15)10(13)12-7(8)4/h5H,1-4H3,(H,12,13)(H,14,15). The lowest BCUT2D eigenvalue weighted by Crippen LogP contribution is -2.22. The first-order valence-corrected chi connectivity index (χ1v) is 4.83. The van der Waals surface area contributed by atoms with Crippen LogP contribution in [-0.2, 0) is 0 Å². The zero-order chi connectivity index (χ0) is 11.7. The molecule has 1 rings (SSSR count). The second kappa shape index (κ2) is 3.88. The first-order valence-electron chi connectivity index (χ1n) is 4.83. The van der Waals surface area contributed by atoms with Crippen molar-refractivity contribution in [3.8, 4) is 0 Å². The molecule has 0 atom stereocenters. The van der Waals surface area contributed by atoms with Crippen molar-refractivity contribution >= 4 is 5.97 Å². The number of carboxylic acids is 1. The molecule has 0 aliphatic heterocycles. The SMILES string of the molecule is Cc1[nH]c(=O)c(C(=O)O)c(C)c1C(C)C. The van der Waals surface area contributed by atoms with Crippen LogP contribution < -0.4 is 5.56 Å². The minimum absolute atomic E-state index is 0.149. The second-order valence-corrected chi connectivity index (χ2v) is 3.95. The van der Waals surface area contributed by atoms with Crippen LogP contribution in [0.1, 0.15) is 46.9 Å². The molecule has 0 amide bonds. The molecule has 15 heavy (non-hydrogen) atoms. The van der Waals surface area contributed by atoms with Gasteiger partial charge in [-0.3, -0.25) is 4.79 Å². The molecule has 0 unspecified atom stereocenters. The summed E-state index contributed by atoms with van der Waals surface area (Å²) in [6.45, 7) is 7.41. The van der Waals surface area contributed by atoms with Crippen molar-refractivity contribution in [3.05, 3.63) is 32.7 Å². The largest absolute Gasteiger partial charge is 0.477 e. The third-order valence-electron chi connectivity index (χ3n) is 2.50. The maximum Gasteiger partial charge on any atom is 0.341 e. The Kier molecular flexibility index (Phi) is 2.98. The molecule has 0 aliphatic carbocycles. The Morgan fingerprint density at radius 2 is 1.87 bits per heavy atom. The number of carbonyl (C=O) groups is 1.